The van der Waals surface area contributed by atoms with Crippen LogP contribution in [0, 0.1) is 12.7 Å². The molecule has 0 radical (unpaired) electrons. The number of hydrogen-bond donors (Lipinski definition) is 0. The van der Waals surface area contributed by atoms with Gasteiger partial charge in [-0.2, -0.15) is 0 Å². The number of carbonyl (C=O) groups excluding carboxylic acids is 2. The highest BCUT2D eigenvalue weighted by molar-refractivity contribution is 9.10. The lowest BCUT2D eigenvalue weighted by molar-refractivity contribution is 0.0452. The molecular formula is C23H23BrFN3O4. The first-order valence-corrected chi connectivity index (χ1v) is 10.7. The summed E-state index contributed by atoms with van der Waals surface area (Å²) in [5.41, 5.74) is 0.174. The first-order valence-electron chi connectivity index (χ1n) is 9.94. The Morgan fingerprint density at radius 2 is 1.91 bits per heavy atom. The number of rotatable bonds is 4. The fourth-order valence-electron chi connectivity index (χ4n) is 3.09. The summed E-state index contributed by atoms with van der Waals surface area (Å²) in [7, 11) is 0. The van der Waals surface area contributed by atoms with E-state index in [4.69, 9.17) is 9.47 Å². The van der Waals surface area contributed by atoms with Crippen LogP contribution < -0.4 is 0 Å². The Bertz CT molecular complexity index is 1150. The van der Waals surface area contributed by atoms with E-state index >= 15 is 0 Å². The molecule has 3 aromatic rings. The Morgan fingerprint density at radius 3 is 2.47 bits per heavy atom. The maximum absolute atomic E-state index is 14.9. The van der Waals surface area contributed by atoms with E-state index < -0.39 is 23.5 Å². The van der Waals surface area contributed by atoms with E-state index in [-0.39, 0.29) is 29.4 Å². The number of aromatic nitrogens is 3. The molecule has 0 spiro atoms. The molecule has 0 aliphatic carbocycles. The van der Waals surface area contributed by atoms with Crippen molar-refractivity contribution in [2.24, 2.45) is 0 Å². The number of hydrogen-bond acceptors (Lipinski definition) is 6. The van der Waals surface area contributed by atoms with Crippen molar-refractivity contribution >= 4 is 28.0 Å². The summed E-state index contributed by atoms with van der Waals surface area (Å²) in [6.07, 6.45) is 0.619. The Morgan fingerprint density at radius 1 is 1.19 bits per heavy atom. The number of esters is 1. The van der Waals surface area contributed by atoms with Crippen LogP contribution in [0.3, 0.4) is 0 Å². The van der Waals surface area contributed by atoms with Crippen molar-refractivity contribution in [3.05, 3.63) is 58.2 Å². The maximum atomic E-state index is 14.9. The van der Waals surface area contributed by atoms with Crippen LogP contribution in [0.5, 0.6) is 0 Å². The Labute approximate surface area is 193 Å². The molecule has 168 valence electrons. The summed E-state index contributed by atoms with van der Waals surface area (Å²) in [6, 6.07) is 7.86. The third-order valence-electron chi connectivity index (χ3n) is 4.37. The first kappa shape index (κ1) is 23.6. The minimum absolute atomic E-state index is 0.0594. The van der Waals surface area contributed by atoms with Crippen molar-refractivity contribution in [3.63, 3.8) is 0 Å². The molecule has 0 amide bonds. The normalized spacial score (nSPS) is 11.3. The molecule has 2 aromatic heterocycles. The molecule has 0 aliphatic rings. The molecule has 32 heavy (non-hydrogen) atoms. The van der Waals surface area contributed by atoms with E-state index in [0.717, 1.165) is 4.57 Å². The summed E-state index contributed by atoms with van der Waals surface area (Å²) < 4.78 is 27.2. The predicted molar refractivity (Wildman–Crippen MR) is 121 cm³/mol. The van der Waals surface area contributed by atoms with Gasteiger partial charge in [-0.25, -0.2) is 28.5 Å². The first-order chi connectivity index (χ1) is 15.0. The minimum atomic E-state index is -0.873. The fourth-order valence-corrected chi connectivity index (χ4v) is 3.33. The highest BCUT2D eigenvalue weighted by atomic mass is 79.9. The molecule has 0 fully saturated rings. The molecule has 0 saturated heterocycles. The molecule has 0 aliphatic heterocycles. The third kappa shape index (κ3) is 4.88. The van der Waals surface area contributed by atoms with Gasteiger partial charge >= 0.3 is 12.1 Å². The van der Waals surface area contributed by atoms with Crippen LogP contribution in [0.15, 0.2) is 41.1 Å². The zero-order valence-corrected chi connectivity index (χ0v) is 20.0. The van der Waals surface area contributed by atoms with Crippen LogP contribution in [0.25, 0.3) is 22.6 Å². The average Bonchev–Trinajstić information content (AvgIpc) is 3.08. The van der Waals surface area contributed by atoms with Crippen LogP contribution in [-0.4, -0.2) is 38.8 Å². The number of nitrogens with zero attached hydrogens (tertiary/aromatic N) is 3. The zero-order valence-electron chi connectivity index (χ0n) is 18.4. The second-order valence-electron chi connectivity index (χ2n) is 7.97. The summed E-state index contributed by atoms with van der Waals surface area (Å²) in [5.74, 6) is -1.43. The lowest BCUT2D eigenvalue weighted by Crippen LogP contribution is -2.30. The van der Waals surface area contributed by atoms with Gasteiger partial charge in [-0.15, -0.1) is 0 Å². The molecule has 3 rings (SSSR count). The average molecular weight is 504 g/mol. The van der Waals surface area contributed by atoms with Gasteiger partial charge in [-0.05, 0) is 74.3 Å². The number of imidazole rings is 1. The Hall–Kier alpha value is -3.07. The summed E-state index contributed by atoms with van der Waals surface area (Å²) in [6.45, 7) is 8.50. The van der Waals surface area contributed by atoms with Crippen molar-refractivity contribution in [3.8, 4) is 22.6 Å². The van der Waals surface area contributed by atoms with Crippen LogP contribution in [-0.2, 0) is 9.47 Å². The number of halogens is 2. The predicted octanol–water partition coefficient (Wildman–Crippen LogP) is 5.78. The van der Waals surface area contributed by atoms with E-state index in [1.807, 2.05) is 0 Å². The highest BCUT2D eigenvalue weighted by Crippen LogP contribution is 2.34. The monoisotopic (exact) mass is 503 g/mol. The molecule has 2 heterocycles. The molecule has 0 unspecified atom stereocenters. The lowest BCUT2D eigenvalue weighted by Gasteiger charge is -2.21. The van der Waals surface area contributed by atoms with E-state index in [1.54, 1.807) is 58.9 Å². The SMILES string of the molecule is CCOC(=O)c1c(-c2ccc(Br)nc2)nc(-c2c(C)cccc2F)n1C(=O)OC(C)(C)C. The summed E-state index contributed by atoms with van der Waals surface area (Å²) in [4.78, 5) is 35.0. The zero-order chi connectivity index (χ0) is 23.6. The highest BCUT2D eigenvalue weighted by Gasteiger charge is 2.33. The molecule has 0 atom stereocenters. The number of pyridine rings is 1. The van der Waals surface area contributed by atoms with Crippen molar-refractivity contribution in [1.29, 1.82) is 0 Å². The Balaban J connectivity index is 2.39. The van der Waals surface area contributed by atoms with Gasteiger partial charge in [0.05, 0.1) is 12.2 Å². The lowest BCUT2D eigenvalue weighted by atomic mass is 10.1. The molecule has 0 N–H and O–H groups in total. The van der Waals surface area contributed by atoms with Gasteiger partial charge < -0.3 is 9.47 Å². The summed E-state index contributed by atoms with van der Waals surface area (Å²) >= 11 is 3.27. The van der Waals surface area contributed by atoms with Gasteiger partial charge in [0.2, 0.25) is 0 Å². The molecule has 1 aromatic carbocycles. The van der Waals surface area contributed by atoms with E-state index in [0.29, 0.717) is 15.7 Å². The summed E-state index contributed by atoms with van der Waals surface area (Å²) in [5, 5.41) is 0. The van der Waals surface area contributed by atoms with Crippen LogP contribution in [0.4, 0.5) is 9.18 Å². The van der Waals surface area contributed by atoms with Crippen molar-refractivity contribution < 1.29 is 23.5 Å². The van der Waals surface area contributed by atoms with E-state index in [2.05, 4.69) is 25.9 Å². The smallest absolute Gasteiger partial charge is 0.421 e. The maximum Gasteiger partial charge on any atom is 0.421 e. The second kappa shape index (κ2) is 9.20. The molecule has 0 bridgehead atoms. The van der Waals surface area contributed by atoms with Crippen LogP contribution >= 0.6 is 15.9 Å². The quantitative estimate of drug-likeness (QED) is 0.331. The van der Waals surface area contributed by atoms with Gasteiger partial charge in [-0.3, -0.25) is 0 Å². The molecule has 7 nitrogen and oxygen atoms in total. The molecule has 9 heteroatoms. The second-order valence-corrected chi connectivity index (χ2v) is 8.78. The van der Waals surface area contributed by atoms with Gasteiger partial charge in [0.1, 0.15) is 21.7 Å². The number of aryl methyl sites for hydroxylation is 1. The van der Waals surface area contributed by atoms with E-state index in [1.165, 1.54) is 12.3 Å². The van der Waals surface area contributed by atoms with Crippen LogP contribution in [0.2, 0.25) is 0 Å². The number of carbonyl (C=O) groups is 2. The Kier molecular flexibility index (Phi) is 6.78. The standard InChI is InChI=1S/C23H23BrFN3O4/c1-6-31-21(29)19-18(14-10-11-16(24)26-12-14)27-20(17-13(2)8-7-9-15(17)25)28(19)22(30)32-23(3,4)5/h7-12H,6H2,1-5H3. The van der Waals surface area contributed by atoms with E-state index in [9.17, 15) is 14.0 Å². The molecule has 0 saturated carbocycles. The number of benzene rings is 1. The van der Waals surface area contributed by atoms with Crippen LogP contribution in [0.1, 0.15) is 43.7 Å². The van der Waals surface area contributed by atoms with Gasteiger partial charge in [0.15, 0.2) is 11.5 Å². The van der Waals surface area contributed by atoms with Crippen molar-refractivity contribution in [2.45, 2.75) is 40.2 Å². The van der Waals surface area contributed by atoms with Gasteiger partial charge in [0.25, 0.3) is 0 Å². The number of ether oxygens (including phenoxy) is 2. The molecular weight excluding hydrogens is 481 g/mol. The van der Waals surface area contributed by atoms with Gasteiger partial charge in [0, 0.05) is 11.8 Å². The van der Waals surface area contributed by atoms with Crippen molar-refractivity contribution in [1.82, 2.24) is 14.5 Å². The van der Waals surface area contributed by atoms with Crippen molar-refractivity contribution in [2.75, 3.05) is 6.61 Å². The van der Waals surface area contributed by atoms with Gasteiger partial charge in [-0.1, -0.05) is 12.1 Å². The minimum Gasteiger partial charge on any atom is -0.461 e. The topological polar surface area (TPSA) is 83.3 Å². The largest absolute Gasteiger partial charge is 0.461 e. The fraction of sp³-hybridized carbons (Fsp3) is 0.304. The third-order valence-corrected chi connectivity index (χ3v) is 4.84.